The lowest BCUT2D eigenvalue weighted by Crippen LogP contribution is -2.56. The minimum absolute atomic E-state index is 0.0205. The lowest BCUT2D eigenvalue weighted by molar-refractivity contribution is -0.155. The van der Waals surface area contributed by atoms with Crippen LogP contribution in [0.4, 0.5) is 0 Å². The van der Waals surface area contributed by atoms with Gasteiger partial charge < -0.3 is 15.3 Å². The van der Waals surface area contributed by atoms with Crippen molar-refractivity contribution in [3.63, 3.8) is 0 Å². The summed E-state index contributed by atoms with van der Waals surface area (Å²) >= 11 is 1.55. The predicted molar refractivity (Wildman–Crippen MR) is 75.0 cm³/mol. The van der Waals surface area contributed by atoms with Crippen molar-refractivity contribution in [3.05, 3.63) is 0 Å². The molecule has 2 aliphatic heterocycles. The Hall–Kier alpha value is -0.750. The summed E-state index contributed by atoms with van der Waals surface area (Å²) in [6, 6.07) is -0.669. The molecule has 0 bridgehead atoms. The highest BCUT2D eigenvalue weighted by atomic mass is 32.2. The zero-order valence-corrected chi connectivity index (χ0v) is 12.3. The predicted octanol–water partition coefficient (Wildman–Crippen LogP) is 1.14. The number of carboxylic acids is 1. The summed E-state index contributed by atoms with van der Waals surface area (Å²) in [6.07, 6.45) is 2.60. The van der Waals surface area contributed by atoms with Gasteiger partial charge in [-0.2, -0.15) is 0 Å². The SMILES string of the molecule is CCC1(C(=O)N2C(C)SCC2C(=O)O)CCCNC1. The molecule has 3 atom stereocenters. The van der Waals surface area contributed by atoms with Gasteiger partial charge in [0.05, 0.1) is 10.8 Å². The smallest absolute Gasteiger partial charge is 0.327 e. The number of hydrogen-bond acceptors (Lipinski definition) is 4. The van der Waals surface area contributed by atoms with Crippen molar-refractivity contribution in [1.82, 2.24) is 10.2 Å². The van der Waals surface area contributed by atoms with Crippen molar-refractivity contribution < 1.29 is 14.7 Å². The van der Waals surface area contributed by atoms with E-state index >= 15 is 0 Å². The molecule has 0 aliphatic carbocycles. The third-order valence-corrected chi connectivity index (χ3v) is 5.56. The Kier molecular flexibility index (Phi) is 4.40. The maximum absolute atomic E-state index is 12.9. The lowest BCUT2D eigenvalue weighted by atomic mass is 9.77. The first-order chi connectivity index (χ1) is 9.02. The van der Waals surface area contributed by atoms with Crippen LogP contribution in [0.5, 0.6) is 0 Å². The van der Waals surface area contributed by atoms with E-state index in [0.29, 0.717) is 12.3 Å². The number of thioether (sulfide) groups is 1. The highest BCUT2D eigenvalue weighted by Crippen LogP contribution is 2.38. The Bertz CT molecular complexity index is 369. The topological polar surface area (TPSA) is 69.6 Å². The molecule has 3 unspecified atom stereocenters. The second-order valence-corrected chi connectivity index (χ2v) is 6.76. The Labute approximate surface area is 118 Å². The van der Waals surface area contributed by atoms with Crippen LogP contribution in [0.25, 0.3) is 0 Å². The third kappa shape index (κ3) is 2.60. The molecule has 5 nitrogen and oxygen atoms in total. The molecule has 0 radical (unpaired) electrons. The molecule has 19 heavy (non-hydrogen) atoms. The van der Waals surface area contributed by atoms with Crippen LogP contribution in [-0.4, -0.2) is 52.1 Å². The van der Waals surface area contributed by atoms with Crippen LogP contribution in [0.3, 0.4) is 0 Å². The van der Waals surface area contributed by atoms with Crippen molar-refractivity contribution in [3.8, 4) is 0 Å². The second kappa shape index (κ2) is 5.71. The summed E-state index contributed by atoms with van der Waals surface area (Å²) in [5.41, 5.74) is -0.412. The maximum atomic E-state index is 12.9. The molecule has 2 aliphatic rings. The van der Waals surface area contributed by atoms with E-state index in [-0.39, 0.29) is 11.3 Å². The van der Waals surface area contributed by atoms with E-state index in [1.54, 1.807) is 16.7 Å². The van der Waals surface area contributed by atoms with Crippen LogP contribution in [0, 0.1) is 5.41 Å². The second-order valence-electron chi connectivity index (χ2n) is 5.41. The Morgan fingerprint density at radius 1 is 1.53 bits per heavy atom. The van der Waals surface area contributed by atoms with Gasteiger partial charge in [-0.1, -0.05) is 6.92 Å². The Morgan fingerprint density at radius 3 is 2.79 bits per heavy atom. The molecule has 108 valence electrons. The van der Waals surface area contributed by atoms with Gasteiger partial charge in [-0.05, 0) is 32.7 Å². The zero-order valence-electron chi connectivity index (χ0n) is 11.5. The van der Waals surface area contributed by atoms with E-state index in [4.69, 9.17) is 0 Å². The Morgan fingerprint density at radius 2 is 2.26 bits per heavy atom. The van der Waals surface area contributed by atoms with E-state index in [0.717, 1.165) is 25.8 Å². The van der Waals surface area contributed by atoms with Gasteiger partial charge in [0.2, 0.25) is 5.91 Å². The summed E-state index contributed by atoms with van der Waals surface area (Å²) in [7, 11) is 0. The van der Waals surface area contributed by atoms with Crippen LogP contribution in [0.2, 0.25) is 0 Å². The van der Waals surface area contributed by atoms with E-state index in [2.05, 4.69) is 5.32 Å². The van der Waals surface area contributed by atoms with Gasteiger partial charge in [0, 0.05) is 12.3 Å². The summed E-state index contributed by atoms with van der Waals surface area (Å²) < 4.78 is 0. The monoisotopic (exact) mass is 286 g/mol. The van der Waals surface area contributed by atoms with Crippen LogP contribution in [-0.2, 0) is 9.59 Å². The first kappa shape index (κ1) is 14.7. The van der Waals surface area contributed by atoms with E-state index in [1.165, 1.54) is 0 Å². The average molecular weight is 286 g/mol. The number of rotatable bonds is 3. The van der Waals surface area contributed by atoms with Gasteiger partial charge in [-0.3, -0.25) is 4.79 Å². The number of carbonyl (C=O) groups is 2. The highest BCUT2D eigenvalue weighted by Gasteiger charge is 2.48. The number of carboxylic acid groups (broad SMARTS) is 1. The van der Waals surface area contributed by atoms with Crippen LogP contribution in [0.15, 0.2) is 0 Å². The van der Waals surface area contributed by atoms with Gasteiger partial charge >= 0.3 is 5.97 Å². The average Bonchev–Trinajstić information content (AvgIpc) is 2.80. The summed E-state index contributed by atoms with van der Waals surface area (Å²) in [4.78, 5) is 25.8. The fraction of sp³-hybridized carbons (Fsp3) is 0.846. The fourth-order valence-electron chi connectivity index (χ4n) is 3.02. The number of nitrogens with one attached hydrogen (secondary N) is 1. The van der Waals surface area contributed by atoms with E-state index in [1.807, 2.05) is 13.8 Å². The molecular weight excluding hydrogens is 264 g/mol. The first-order valence-corrected chi connectivity index (χ1v) is 7.94. The summed E-state index contributed by atoms with van der Waals surface area (Å²) in [5, 5.41) is 12.5. The molecule has 0 aromatic carbocycles. The Balaban J connectivity index is 2.22. The largest absolute Gasteiger partial charge is 0.480 e. The number of piperidine rings is 1. The van der Waals surface area contributed by atoms with Crippen LogP contribution >= 0.6 is 11.8 Å². The molecular formula is C13H22N2O3S. The number of carbonyl (C=O) groups excluding carboxylic acids is 1. The molecule has 0 aromatic heterocycles. The highest BCUT2D eigenvalue weighted by molar-refractivity contribution is 8.00. The van der Waals surface area contributed by atoms with Crippen molar-refractivity contribution in [1.29, 1.82) is 0 Å². The molecule has 2 heterocycles. The molecule has 6 heteroatoms. The van der Waals surface area contributed by atoms with Crippen molar-refractivity contribution in [2.24, 2.45) is 5.41 Å². The van der Waals surface area contributed by atoms with Crippen LogP contribution < -0.4 is 5.32 Å². The summed E-state index contributed by atoms with van der Waals surface area (Å²) in [6.45, 7) is 5.56. The maximum Gasteiger partial charge on any atom is 0.327 e. The number of hydrogen-bond donors (Lipinski definition) is 2. The molecule has 0 aromatic rings. The van der Waals surface area contributed by atoms with Crippen molar-refractivity contribution in [2.45, 2.75) is 44.5 Å². The normalized spacial score (nSPS) is 35.4. The lowest BCUT2D eigenvalue weighted by Gasteiger charge is -2.40. The van der Waals surface area contributed by atoms with Gasteiger partial charge in [-0.15, -0.1) is 11.8 Å². The molecule has 2 N–H and O–H groups in total. The molecule has 0 spiro atoms. The van der Waals surface area contributed by atoms with Crippen LogP contribution in [0.1, 0.15) is 33.1 Å². The van der Waals surface area contributed by atoms with Gasteiger partial charge in [-0.25, -0.2) is 4.79 Å². The minimum Gasteiger partial charge on any atom is -0.480 e. The minimum atomic E-state index is -0.889. The van der Waals surface area contributed by atoms with E-state index < -0.39 is 17.4 Å². The number of aliphatic carboxylic acids is 1. The quantitative estimate of drug-likeness (QED) is 0.814. The summed E-state index contributed by atoms with van der Waals surface area (Å²) in [5.74, 6) is -0.373. The molecule has 0 saturated carbocycles. The van der Waals surface area contributed by atoms with Gasteiger partial charge in [0.15, 0.2) is 0 Å². The molecule has 1 amide bonds. The van der Waals surface area contributed by atoms with Crippen molar-refractivity contribution in [2.75, 3.05) is 18.8 Å². The van der Waals surface area contributed by atoms with Gasteiger partial charge in [0.1, 0.15) is 6.04 Å². The standard InChI is InChI=1S/C13H22N2O3S/c1-3-13(5-4-6-14-8-13)12(18)15-9(2)19-7-10(15)11(16)17/h9-10,14H,3-8H2,1-2H3,(H,16,17). The zero-order chi connectivity index (χ0) is 14.0. The van der Waals surface area contributed by atoms with Gasteiger partial charge in [0.25, 0.3) is 0 Å². The first-order valence-electron chi connectivity index (χ1n) is 6.90. The number of nitrogens with zero attached hydrogens (tertiary/aromatic N) is 1. The number of amides is 1. The molecule has 2 saturated heterocycles. The van der Waals surface area contributed by atoms with E-state index in [9.17, 15) is 14.7 Å². The molecule has 2 rings (SSSR count). The fourth-order valence-corrected chi connectivity index (χ4v) is 4.19. The third-order valence-electron chi connectivity index (χ3n) is 4.35. The molecule has 2 fully saturated rings. The van der Waals surface area contributed by atoms with Crippen molar-refractivity contribution >= 4 is 23.6 Å².